The summed E-state index contributed by atoms with van der Waals surface area (Å²) in [7, 11) is 8.45. The first-order valence-corrected chi connectivity index (χ1v) is 18.4. The molecule has 1 aliphatic heterocycles. The lowest BCUT2D eigenvalue weighted by molar-refractivity contribution is -0.146. The van der Waals surface area contributed by atoms with E-state index in [1.54, 1.807) is 55.1 Å². The van der Waals surface area contributed by atoms with Crippen LogP contribution in [0.25, 0.3) is 0 Å². The standard InChI is InChI=1S/C40H65N5O7/c1-14-26(6)35(44(11)40(50)33(24(2)3)42-39(49)34(25(4)5)43(9)10)31(51-12)23-32(46)45-22-18-21-30(45)37(52-13)27(7)38(48)41-28(8)36(47)29-19-16-15-17-20-29/h15-17,19-21,24-27,31,33-37,47H,8,14,18,22-23H2,1-7,9-13H3,(H,41,48)(H,42,49)/t26-,27+,31?,33-,34-,35-,36+,37+/m0/s1. The zero-order valence-electron chi connectivity index (χ0n) is 33.5. The van der Waals surface area contributed by atoms with Crippen molar-refractivity contribution in [1.82, 2.24) is 25.3 Å². The summed E-state index contributed by atoms with van der Waals surface area (Å²) in [4.78, 5) is 60.2. The van der Waals surface area contributed by atoms with Crippen LogP contribution in [0.1, 0.15) is 79.4 Å². The average Bonchev–Trinajstić information content (AvgIpc) is 3.59. The van der Waals surface area contributed by atoms with E-state index in [1.165, 1.54) is 7.11 Å². The maximum Gasteiger partial charge on any atom is 0.245 e. The zero-order valence-corrected chi connectivity index (χ0v) is 33.5. The van der Waals surface area contributed by atoms with Crippen LogP contribution in [0.3, 0.4) is 0 Å². The Morgan fingerprint density at radius 1 is 0.942 bits per heavy atom. The van der Waals surface area contributed by atoms with E-state index in [9.17, 15) is 24.3 Å². The number of hydrogen-bond acceptors (Lipinski definition) is 8. The number of methoxy groups -OCH3 is 2. The van der Waals surface area contributed by atoms with Crippen molar-refractivity contribution in [2.45, 2.75) is 104 Å². The van der Waals surface area contributed by atoms with Gasteiger partial charge in [-0.2, -0.15) is 0 Å². The third kappa shape index (κ3) is 11.2. The first kappa shape index (κ1) is 44.6. The van der Waals surface area contributed by atoms with Crippen LogP contribution in [-0.4, -0.2) is 116 Å². The molecule has 1 heterocycles. The second-order valence-electron chi connectivity index (χ2n) is 14.9. The fourth-order valence-corrected chi connectivity index (χ4v) is 7.13. The minimum absolute atomic E-state index is 0.0215. The smallest absolute Gasteiger partial charge is 0.245 e. The van der Waals surface area contributed by atoms with E-state index in [1.807, 2.05) is 72.7 Å². The summed E-state index contributed by atoms with van der Waals surface area (Å²) in [6, 6.07) is 7.27. The van der Waals surface area contributed by atoms with Crippen molar-refractivity contribution in [1.29, 1.82) is 0 Å². The van der Waals surface area contributed by atoms with Gasteiger partial charge in [0, 0.05) is 39.2 Å². The van der Waals surface area contributed by atoms with E-state index in [4.69, 9.17) is 9.47 Å². The van der Waals surface area contributed by atoms with E-state index in [-0.39, 0.29) is 47.6 Å². The van der Waals surface area contributed by atoms with Crippen molar-refractivity contribution >= 4 is 23.6 Å². The second kappa shape index (κ2) is 20.6. The number of aliphatic hydroxyl groups is 1. The van der Waals surface area contributed by atoms with Crippen LogP contribution in [0.2, 0.25) is 0 Å². The monoisotopic (exact) mass is 727 g/mol. The number of ether oxygens (including phenoxy) is 2. The Kier molecular flexibility index (Phi) is 17.7. The molecule has 3 N–H and O–H groups in total. The molecule has 2 rings (SSSR count). The highest BCUT2D eigenvalue weighted by Crippen LogP contribution is 2.30. The molecule has 0 fully saturated rings. The molecule has 12 nitrogen and oxygen atoms in total. The molecule has 0 spiro atoms. The van der Waals surface area contributed by atoms with Crippen molar-refractivity contribution in [3.8, 4) is 0 Å². The van der Waals surface area contributed by atoms with Crippen LogP contribution in [-0.2, 0) is 28.7 Å². The maximum absolute atomic E-state index is 14.2. The van der Waals surface area contributed by atoms with Gasteiger partial charge >= 0.3 is 0 Å². The van der Waals surface area contributed by atoms with E-state index < -0.39 is 48.3 Å². The van der Waals surface area contributed by atoms with Gasteiger partial charge in [-0.15, -0.1) is 0 Å². The first-order chi connectivity index (χ1) is 24.4. The maximum atomic E-state index is 14.2. The van der Waals surface area contributed by atoms with Gasteiger partial charge in [-0.1, -0.05) is 97.9 Å². The molecule has 1 aromatic carbocycles. The fourth-order valence-electron chi connectivity index (χ4n) is 7.13. The molecular weight excluding hydrogens is 662 g/mol. The Morgan fingerprint density at radius 2 is 1.56 bits per heavy atom. The minimum Gasteiger partial charge on any atom is -0.382 e. The Hall–Kier alpha value is -3.58. The van der Waals surface area contributed by atoms with Crippen LogP contribution in [0.5, 0.6) is 0 Å². The second-order valence-corrected chi connectivity index (χ2v) is 14.9. The molecule has 1 aromatic rings. The summed E-state index contributed by atoms with van der Waals surface area (Å²) in [5.74, 6) is -1.99. The van der Waals surface area contributed by atoms with Crippen LogP contribution in [0.4, 0.5) is 0 Å². The highest BCUT2D eigenvalue weighted by Gasteiger charge is 2.41. The third-order valence-corrected chi connectivity index (χ3v) is 10.2. The summed E-state index contributed by atoms with van der Waals surface area (Å²) < 4.78 is 11.8. The van der Waals surface area contributed by atoms with Crippen molar-refractivity contribution in [3.63, 3.8) is 0 Å². The molecule has 0 radical (unpaired) electrons. The van der Waals surface area contributed by atoms with Crippen molar-refractivity contribution in [2.75, 3.05) is 41.9 Å². The highest BCUT2D eigenvalue weighted by atomic mass is 16.5. The summed E-state index contributed by atoms with van der Waals surface area (Å²) in [5, 5.41) is 16.5. The molecule has 1 unspecified atom stereocenters. The Labute approximate surface area is 312 Å². The lowest BCUT2D eigenvalue weighted by Crippen LogP contribution is -2.59. The molecule has 292 valence electrons. The predicted octanol–water partition coefficient (Wildman–Crippen LogP) is 4.12. The summed E-state index contributed by atoms with van der Waals surface area (Å²) in [6.45, 7) is 17.8. The lowest BCUT2D eigenvalue weighted by Gasteiger charge is -2.40. The number of hydrogen-bond donors (Lipinski definition) is 3. The van der Waals surface area contributed by atoms with Gasteiger partial charge in [0.15, 0.2) is 0 Å². The first-order valence-electron chi connectivity index (χ1n) is 18.4. The number of nitrogens with one attached hydrogen (secondary N) is 2. The van der Waals surface area contributed by atoms with Gasteiger partial charge in [-0.3, -0.25) is 24.1 Å². The number of likely N-dealkylation sites (N-methyl/N-ethyl adjacent to an activating group) is 2. The van der Waals surface area contributed by atoms with E-state index >= 15 is 0 Å². The van der Waals surface area contributed by atoms with Gasteiger partial charge < -0.3 is 35.0 Å². The van der Waals surface area contributed by atoms with Crippen LogP contribution >= 0.6 is 0 Å². The van der Waals surface area contributed by atoms with Gasteiger partial charge in [-0.05, 0) is 43.8 Å². The topological polar surface area (TPSA) is 141 Å². The molecule has 8 atom stereocenters. The Morgan fingerprint density at radius 3 is 2.06 bits per heavy atom. The molecule has 0 saturated heterocycles. The molecule has 0 bridgehead atoms. The van der Waals surface area contributed by atoms with Crippen LogP contribution in [0, 0.1) is 23.7 Å². The summed E-state index contributed by atoms with van der Waals surface area (Å²) in [6.07, 6.45) is 0.696. The SMILES string of the molecule is C=C(NC(=O)[C@H](C)[C@@H](OC)C1=CCCN1C(=O)CC(OC)[C@H]([C@@H](C)CC)N(C)C(=O)[C@@H](NC(=O)[C@H](C(C)C)N(C)C)C(C)C)[C@@H](O)c1ccccc1. The quantitative estimate of drug-likeness (QED) is 0.182. The lowest BCUT2D eigenvalue weighted by atomic mass is 9.89. The highest BCUT2D eigenvalue weighted by molar-refractivity contribution is 5.90. The van der Waals surface area contributed by atoms with Gasteiger partial charge in [0.05, 0.1) is 30.5 Å². The Balaban J connectivity index is 2.26. The minimum atomic E-state index is -1.08. The third-order valence-electron chi connectivity index (χ3n) is 10.2. The van der Waals surface area contributed by atoms with E-state index in [2.05, 4.69) is 17.2 Å². The largest absolute Gasteiger partial charge is 0.382 e. The van der Waals surface area contributed by atoms with Gasteiger partial charge in [-0.25, -0.2) is 0 Å². The van der Waals surface area contributed by atoms with Crippen LogP contribution < -0.4 is 10.6 Å². The summed E-state index contributed by atoms with van der Waals surface area (Å²) in [5.41, 5.74) is 1.32. The van der Waals surface area contributed by atoms with E-state index in [0.29, 0.717) is 24.2 Å². The number of carbonyl (C=O) groups is 4. The molecule has 1 aliphatic rings. The van der Waals surface area contributed by atoms with Gasteiger partial charge in [0.25, 0.3) is 0 Å². The van der Waals surface area contributed by atoms with E-state index in [0.717, 1.165) is 6.42 Å². The fraction of sp³-hybridized carbons (Fsp3) is 0.650. The molecule has 12 heteroatoms. The van der Waals surface area contributed by atoms with Crippen molar-refractivity contribution < 1.29 is 33.8 Å². The Bertz CT molecular complexity index is 1370. The van der Waals surface area contributed by atoms with Crippen molar-refractivity contribution in [2.24, 2.45) is 23.7 Å². The number of aliphatic hydroxyl groups excluding tert-OH is 1. The van der Waals surface area contributed by atoms with Crippen molar-refractivity contribution in [3.05, 3.63) is 59.9 Å². The molecule has 0 saturated carbocycles. The normalized spacial score (nSPS) is 17.8. The van der Waals surface area contributed by atoms with Crippen LogP contribution in [0.15, 0.2) is 54.4 Å². The predicted molar refractivity (Wildman–Crippen MR) is 204 cm³/mol. The van der Waals surface area contributed by atoms with Gasteiger partial charge in [0.1, 0.15) is 18.2 Å². The molecule has 0 aliphatic carbocycles. The average molecular weight is 728 g/mol. The molecule has 0 aromatic heterocycles. The number of amides is 4. The summed E-state index contributed by atoms with van der Waals surface area (Å²) >= 11 is 0. The zero-order chi connectivity index (χ0) is 39.4. The molecule has 4 amide bonds. The number of carbonyl (C=O) groups excluding carboxylic acids is 4. The number of nitrogens with zero attached hydrogens (tertiary/aromatic N) is 3. The number of benzene rings is 1. The van der Waals surface area contributed by atoms with Gasteiger partial charge in [0.2, 0.25) is 23.6 Å². The molecular formula is C40H65N5O7. The molecule has 52 heavy (non-hydrogen) atoms. The number of rotatable bonds is 20.